The topological polar surface area (TPSA) is 97.7 Å². The lowest BCUT2D eigenvalue weighted by Gasteiger charge is -2.16. The molecule has 0 heterocycles. The number of aromatic hydroxyl groups is 1. The molecule has 0 amide bonds. The Balaban J connectivity index is 2.22. The quantitative estimate of drug-likeness (QED) is 0.0810. The van der Waals surface area contributed by atoms with Gasteiger partial charge in [0, 0.05) is 19.3 Å². The average molecular weight is 603 g/mol. The summed E-state index contributed by atoms with van der Waals surface area (Å²) in [6.45, 7) is 6.58. The molecule has 238 valence electrons. The largest absolute Gasteiger partial charge is 0.507 e. The Labute approximate surface area is 264 Å². The first-order valence-corrected chi connectivity index (χ1v) is 15.6. The third kappa shape index (κ3) is 17.8. The molecule has 0 saturated heterocycles. The van der Waals surface area contributed by atoms with Gasteiger partial charge in [-0.25, -0.2) is 0 Å². The van der Waals surface area contributed by atoms with E-state index in [0.29, 0.717) is 18.4 Å². The highest BCUT2D eigenvalue weighted by Crippen LogP contribution is 2.20. The van der Waals surface area contributed by atoms with Crippen molar-refractivity contribution < 1.29 is 29.0 Å². The van der Waals surface area contributed by atoms with E-state index in [2.05, 4.69) is 67.7 Å². The third-order valence-electron chi connectivity index (χ3n) is 6.69. The Morgan fingerprint density at radius 3 is 1.77 bits per heavy atom. The van der Waals surface area contributed by atoms with Gasteiger partial charge in [0.1, 0.15) is 11.5 Å². The van der Waals surface area contributed by atoms with Crippen LogP contribution in [0, 0.1) is 5.92 Å². The predicted octanol–water partition coefficient (Wildman–Crippen LogP) is 8.71. The van der Waals surface area contributed by atoms with Crippen molar-refractivity contribution in [2.24, 2.45) is 5.92 Å². The van der Waals surface area contributed by atoms with Gasteiger partial charge in [-0.05, 0) is 76.5 Å². The predicted molar refractivity (Wildman–Crippen MR) is 179 cm³/mol. The van der Waals surface area contributed by atoms with Gasteiger partial charge in [0.05, 0.1) is 11.5 Å². The number of carbonyl (C=O) groups excluding carboxylic acids is 4. The highest BCUT2D eigenvalue weighted by Gasteiger charge is 2.24. The zero-order chi connectivity index (χ0) is 32.6. The second kappa shape index (κ2) is 23.4. The van der Waals surface area contributed by atoms with Crippen molar-refractivity contribution in [2.75, 3.05) is 0 Å². The molecule has 44 heavy (non-hydrogen) atoms. The van der Waals surface area contributed by atoms with Gasteiger partial charge in [-0.2, -0.15) is 0 Å². The fourth-order valence-electron chi connectivity index (χ4n) is 4.09. The standard InChI is InChI=1S/C38H50O6/c1-5-6-7-8-9-10-11-12-13-14-15-16-17-18-19-20-21-22-23-24-34(40)27-30(2)38(43)44-32(4)37(42)29-33-25-26-36(41)35(28-33)31(3)39/h6-7,9-10,12-13,15-16,18-19,21-22,25-26,28,30,32,41H,5,8,11,14,17,20,23-24,27,29H2,1-4H3/b7-6-,10-9-,13-12-,16-15-,19-18-,22-21-. The molecule has 6 heteroatoms. The first-order chi connectivity index (χ1) is 21.1. The fourth-order valence-corrected chi connectivity index (χ4v) is 4.09. The van der Waals surface area contributed by atoms with Gasteiger partial charge in [-0.15, -0.1) is 0 Å². The van der Waals surface area contributed by atoms with Gasteiger partial charge in [0.15, 0.2) is 17.7 Å². The number of esters is 1. The maximum atomic E-state index is 12.5. The van der Waals surface area contributed by atoms with Crippen LogP contribution in [-0.2, 0) is 25.5 Å². The summed E-state index contributed by atoms with van der Waals surface area (Å²) in [5.41, 5.74) is 0.676. The maximum Gasteiger partial charge on any atom is 0.309 e. The van der Waals surface area contributed by atoms with Crippen molar-refractivity contribution in [3.05, 3.63) is 102 Å². The van der Waals surface area contributed by atoms with Gasteiger partial charge in [0.2, 0.25) is 0 Å². The molecule has 6 nitrogen and oxygen atoms in total. The minimum atomic E-state index is -0.992. The van der Waals surface area contributed by atoms with Gasteiger partial charge < -0.3 is 9.84 Å². The third-order valence-corrected chi connectivity index (χ3v) is 6.69. The first kappa shape index (κ1) is 38.0. The fraction of sp³-hybridized carbons (Fsp3) is 0.421. The number of benzene rings is 1. The molecule has 0 aliphatic carbocycles. The monoisotopic (exact) mass is 602 g/mol. The lowest BCUT2D eigenvalue weighted by atomic mass is 10.0. The second-order valence-corrected chi connectivity index (χ2v) is 10.7. The van der Waals surface area contributed by atoms with Crippen LogP contribution in [0.3, 0.4) is 0 Å². The molecule has 0 aliphatic rings. The molecule has 0 bridgehead atoms. The second-order valence-electron chi connectivity index (χ2n) is 10.7. The maximum absolute atomic E-state index is 12.5. The molecular formula is C38H50O6. The van der Waals surface area contributed by atoms with E-state index in [1.54, 1.807) is 13.0 Å². The smallest absolute Gasteiger partial charge is 0.309 e. The van der Waals surface area contributed by atoms with Crippen LogP contribution in [0.2, 0.25) is 0 Å². The summed E-state index contributed by atoms with van der Waals surface area (Å²) in [5.74, 6) is -2.07. The van der Waals surface area contributed by atoms with E-state index >= 15 is 0 Å². The molecule has 2 atom stereocenters. The highest BCUT2D eigenvalue weighted by atomic mass is 16.5. The number of ether oxygens (including phenoxy) is 1. The zero-order valence-corrected chi connectivity index (χ0v) is 26.9. The molecule has 0 fully saturated rings. The molecule has 0 saturated carbocycles. The number of carbonyl (C=O) groups is 4. The van der Waals surface area contributed by atoms with E-state index in [4.69, 9.17) is 4.74 Å². The van der Waals surface area contributed by atoms with Crippen LogP contribution in [0.25, 0.3) is 0 Å². The van der Waals surface area contributed by atoms with E-state index in [9.17, 15) is 24.3 Å². The van der Waals surface area contributed by atoms with Crippen LogP contribution in [0.15, 0.2) is 91.1 Å². The molecule has 0 spiro atoms. The summed E-state index contributed by atoms with van der Waals surface area (Å²) in [7, 11) is 0. The summed E-state index contributed by atoms with van der Waals surface area (Å²) in [6.07, 6.45) is 31.3. The first-order valence-electron chi connectivity index (χ1n) is 15.6. The molecule has 1 N–H and O–H groups in total. The normalized spacial score (nSPS) is 13.6. The summed E-state index contributed by atoms with van der Waals surface area (Å²) in [6, 6.07) is 4.38. The van der Waals surface area contributed by atoms with Crippen LogP contribution >= 0.6 is 0 Å². The SMILES string of the molecule is CC/C=C\C/C=C\C/C=C\C/C=C\C/C=C\C/C=C\CCC(=O)CC(C)C(=O)OC(C)C(=O)Cc1ccc(O)c(C(C)=O)c1. The molecule has 1 rings (SSSR count). The number of phenols is 1. The number of allylic oxidation sites excluding steroid dienone is 12. The van der Waals surface area contributed by atoms with Crippen LogP contribution in [0.1, 0.15) is 101 Å². The number of rotatable bonds is 22. The summed E-state index contributed by atoms with van der Waals surface area (Å²) >= 11 is 0. The Kier molecular flexibility index (Phi) is 20.2. The van der Waals surface area contributed by atoms with Crippen molar-refractivity contribution >= 4 is 23.3 Å². The Morgan fingerprint density at radius 2 is 1.27 bits per heavy atom. The van der Waals surface area contributed by atoms with Crippen LogP contribution in [0.5, 0.6) is 5.75 Å². The summed E-state index contributed by atoms with van der Waals surface area (Å²) in [5, 5.41) is 9.77. The number of ketones is 3. The molecular weight excluding hydrogens is 552 g/mol. The molecule has 2 unspecified atom stereocenters. The average Bonchev–Trinajstić information content (AvgIpc) is 2.98. The van der Waals surface area contributed by atoms with Crippen LogP contribution in [0.4, 0.5) is 0 Å². The Morgan fingerprint density at radius 1 is 0.773 bits per heavy atom. The van der Waals surface area contributed by atoms with Gasteiger partial charge in [-0.1, -0.05) is 92.8 Å². The van der Waals surface area contributed by atoms with E-state index in [-0.39, 0.29) is 41.5 Å². The molecule has 1 aromatic rings. The number of hydrogen-bond donors (Lipinski definition) is 1. The number of hydrogen-bond acceptors (Lipinski definition) is 6. The summed E-state index contributed by atoms with van der Waals surface area (Å²) in [4.78, 5) is 48.9. The van der Waals surface area contributed by atoms with Crippen molar-refractivity contribution in [1.29, 1.82) is 0 Å². The van der Waals surface area contributed by atoms with Crippen molar-refractivity contribution in [2.45, 2.75) is 98.0 Å². The number of Topliss-reactive ketones (excluding diaryl/α,β-unsaturated/α-hetero) is 3. The molecule has 0 aromatic heterocycles. The van der Waals surface area contributed by atoms with Crippen molar-refractivity contribution in [1.82, 2.24) is 0 Å². The molecule has 0 radical (unpaired) electrons. The lowest BCUT2D eigenvalue weighted by molar-refractivity contribution is -0.158. The summed E-state index contributed by atoms with van der Waals surface area (Å²) < 4.78 is 5.30. The minimum Gasteiger partial charge on any atom is -0.507 e. The van der Waals surface area contributed by atoms with Crippen molar-refractivity contribution in [3.63, 3.8) is 0 Å². The number of phenolic OH excluding ortho intramolecular Hbond substituents is 1. The van der Waals surface area contributed by atoms with Gasteiger partial charge >= 0.3 is 5.97 Å². The van der Waals surface area contributed by atoms with Gasteiger partial charge in [0.25, 0.3) is 0 Å². The molecule has 0 aliphatic heterocycles. The lowest BCUT2D eigenvalue weighted by Crippen LogP contribution is -2.29. The zero-order valence-electron chi connectivity index (χ0n) is 26.9. The van der Waals surface area contributed by atoms with Crippen LogP contribution in [-0.4, -0.2) is 34.5 Å². The minimum absolute atomic E-state index is 0.0335. The van der Waals surface area contributed by atoms with E-state index < -0.39 is 18.0 Å². The van der Waals surface area contributed by atoms with E-state index in [0.717, 1.165) is 38.5 Å². The van der Waals surface area contributed by atoms with Crippen LogP contribution < -0.4 is 0 Å². The van der Waals surface area contributed by atoms with E-state index in [1.165, 1.54) is 26.0 Å². The van der Waals surface area contributed by atoms with Gasteiger partial charge in [-0.3, -0.25) is 19.2 Å². The Bertz CT molecular complexity index is 1230. The molecule has 1 aromatic carbocycles. The van der Waals surface area contributed by atoms with E-state index in [1.807, 2.05) is 12.2 Å². The Hall–Kier alpha value is -4.06. The highest BCUT2D eigenvalue weighted by molar-refractivity contribution is 5.97. The van der Waals surface area contributed by atoms with Crippen molar-refractivity contribution in [3.8, 4) is 5.75 Å².